The van der Waals surface area contributed by atoms with Crippen LogP contribution >= 0.6 is 0 Å². The number of benzene rings is 4. The van der Waals surface area contributed by atoms with Crippen molar-refractivity contribution in [1.29, 1.82) is 0 Å². The maximum Gasteiger partial charge on any atom is 0.340 e. The lowest BCUT2D eigenvalue weighted by Crippen LogP contribution is -2.60. The molecule has 29 heteroatoms. The Labute approximate surface area is 613 Å². The quantitative estimate of drug-likeness (QED) is 0.0319. The first kappa shape index (κ1) is 78.6. The molecule has 10 atom stereocenters. The molecule has 0 aromatic heterocycles. The molecule has 2 aliphatic heterocycles. The Morgan fingerprint density at radius 1 is 0.581 bits per heavy atom. The van der Waals surface area contributed by atoms with Crippen LogP contribution in [-0.4, -0.2) is 175 Å². The highest BCUT2D eigenvalue weighted by Gasteiger charge is 2.64. The number of likely N-dealkylation sites (tertiary alicyclic amines) is 2. The third-order valence-electron chi connectivity index (χ3n) is 20.6. The minimum Gasteiger partial charge on any atom is -0.493 e. The lowest BCUT2D eigenvalue weighted by atomic mass is 9.85. The predicted molar refractivity (Wildman–Crippen MR) is 393 cm³/mol. The molecular formula is C76H100N10O17S2. The van der Waals surface area contributed by atoms with Gasteiger partial charge in [0, 0.05) is 49.9 Å². The minimum absolute atomic E-state index is 0.00174. The van der Waals surface area contributed by atoms with E-state index < -0.39 is 148 Å². The van der Waals surface area contributed by atoms with E-state index in [1.54, 1.807) is 18.2 Å². The lowest BCUT2D eigenvalue weighted by Gasteiger charge is -2.35. The number of carbonyl (C=O) groups is 10. The molecule has 12 rings (SSSR count). The molecule has 9 amide bonds. The summed E-state index contributed by atoms with van der Waals surface area (Å²) in [6, 6.07) is 16.9. The van der Waals surface area contributed by atoms with Crippen molar-refractivity contribution in [3.8, 4) is 11.5 Å². The Balaban J connectivity index is 0.000000192. The maximum absolute atomic E-state index is 14.5. The zero-order valence-corrected chi connectivity index (χ0v) is 62.6. The predicted octanol–water partition coefficient (Wildman–Crippen LogP) is 5.79. The molecule has 0 spiro atoms. The van der Waals surface area contributed by atoms with Crippen LogP contribution in [0.4, 0.5) is 0 Å². The van der Waals surface area contributed by atoms with Gasteiger partial charge in [0.1, 0.15) is 52.3 Å². The third kappa shape index (κ3) is 18.5. The van der Waals surface area contributed by atoms with Gasteiger partial charge in [0.05, 0.1) is 29.3 Å². The second-order valence-corrected chi connectivity index (χ2v) is 35.2. The standard InChI is InChI=1S/C38H49N5O8S.C25H39N5O6S.C13H12O3/c1-6-24-20-38(24,36(48)42-52(49,50)26-15-16-26)41-33(45)28-19-25(21-43(28)35(47)32(37(3,4)5)40-30(44)18-22-12-13-22)39-34(46)31-27-11-9-8-10-23(27)14-17-29(31)51-7-2;1-5-15-12-25(15,23(34)29-37(35,36)17-8-9-17)28-21(32)18-11-16(26)13-30(18)22(33)20(24(2,3)4)27-19(31)10-14-6-7-14;1-2-16-11-8-7-9-5-3-4-6-10(9)12(11)13(14)15/h6,8-11,14,17,22,24-26,28,32H,1,7,12-13,15-16,18-21H2,2-5H3,(H,39,46)(H,40,44)(H,41,45)(H,42,48);5,14-18,20H,1,6-13,26H2,2-4H3,(H,27,31)(H,28,32)(H,29,34);3-8H,2H2,1H3,(H,14,15)/t24?,25-,28+,32-,38?;15?,16-,18+,20-,25?;/m11./s1. The first-order chi connectivity index (χ1) is 49.5. The number of hydrogen-bond donors (Lipinski definition) is 9. The molecule has 0 bridgehead atoms. The van der Waals surface area contributed by atoms with Gasteiger partial charge < -0.3 is 56.7 Å². The summed E-state index contributed by atoms with van der Waals surface area (Å²) in [5, 5.41) is 25.4. The summed E-state index contributed by atoms with van der Waals surface area (Å²) in [6.45, 7) is 23.0. The molecule has 8 fully saturated rings. The number of carbonyl (C=O) groups excluding carboxylic acids is 9. The van der Waals surface area contributed by atoms with Crippen molar-refractivity contribution in [2.24, 2.45) is 40.2 Å². The second kappa shape index (κ2) is 31.2. The van der Waals surface area contributed by atoms with E-state index in [-0.39, 0.29) is 56.2 Å². The van der Waals surface area contributed by atoms with Crippen LogP contribution in [0, 0.1) is 34.5 Å². The van der Waals surface area contributed by atoms with Crippen LogP contribution in [0.2, 0.25) is 0 Å². The fraction of sp³-hybridized carbons (Fsp3) is 0.553. The van der Waals surface area contributed by atoms with Gasteiger partial charge in [-0.05, 0) is 147 Å². The van der Waals surface area contributed by atoms with Crippen molar-refractivity contribution in [1.82, 2.24) is 45.8 Å². The largest absolute Gasteiger partial charge is 0.493 e. The molecule has 4 aromatic rings. The van der Waals surface area contributed by atoms with E-state index in [9.17, 15) is 69.9 Å². The monoisotopic (exact) mass is 1490 g/mol. The van der Waals surface area contributed by atoms with Gasteiger partial charge in [-0.15, -0.1) is 13.2 Å². The number of fused-ring (bicyclic) bond motifs is 2. The van der Waals surface area contributed by atoms with Crippen LogP contribution in [0.3, 0.4) is 0 Å². The summed E-state index contributed by atoms with van der Waals surface area (Å²) in [5.74, 6) is -5.16. The fourth-order valence-electron chi connectivity index (χ4n) is 13.8. The number of sulfonamides is 2. The van der Waals surface area contributed by atoms with Gasteiger partial charge in [-0.1, -0.05) is 114 Å². The molecule has 105 heavy (non-hydrogen) atoms. The third-order valence-corrected chi connectivity index (χ3v) is 24.3. The summed E-state index contributed by atoms with van der Waals surface area (Å²) in [7, 11) is -7.71. The molecule has 6 aliphatic carbocycles. The highest BCUT2D eigenvalue weighted by Crippen LogP contribution is 2.47. The van der Waals surface area contributed by atoms with Crippen LogP contribution < -0.4 is 51.2 Å². The highest BCUT2D eigenvalue weighted by molar-refractivity contribution is 7.91. The molecule has 4 aromatic carbocycles. The molecule has 8 aliphatic rings. The molecule has 2 saturated heterocycles. The summed E-state index contributed by atoms with van der Waals surface area (Å²) in [6.07, 6.45) is 10.1. The Morgan fingerprint density at radius 2 is 0.981 bits per heavy atom. The molecule has 6 saturated carbocycles. The van der Waals surface area contributed by atoms with E-state index in [1.807, 2.05) is 110 Å². The molecule has 27 nitrogen and oxygen atoms in total. The fourth-order valence-corrected chi connectivity index (χ4v) is 16.6. The van der Waals surface area contributed by atoms with Gasteiger partial charge in [-0.25, -0.2) is 21.6 Å². The van der Waals surface area contributed by atoms with Crippen LogP contribution in [0.1, 0.15) is 166 Å². The average molecular weight is 1490 g/mol. The summed E-state index contributed by atoms with van der Waals surface area (Å²) < 4.78 is 65.5. The van der Waals surface area contributed by atoms with Gasteiger partial charge in [0.25, 0.3) is 17.7 Å². The van der Waals surface area contributed by atoms with Crippen molar-refractivity contribution in [2.45, 2.75) is 203 Å². The zero-order chi connectivity index (χ0) is 76.5. The Kier molecular flexibility index (Phi) is 23.4. The van der Waals surface area contributed by atoms with Crippen molar-refractivity contribution < 1.29 is 79.4 Å². The number of amides is 9. The first-order valence-electron chi connectivity index (χ1n) is 36.3. The van der Waals surface area contributed by atoms with Crippen LogP contribution in [0.5, 0.6) is 11.5 Å². The smallest absolute Gasteiger partial charge is 0.340 e. The number of aromatic carboxylic acids is 1. The van der Waals surface area contributed by atoms with Crippen molar-refractivity contribution >= 4 is 101 Å². The van der Waals surface area contributed by atoms with E-state index in [0.717, 1.165) is 36.5 Å². The number of hydrogen-bond acceptors (Lipinski definition) is 17. The number of nitrogens with two attached hydrogens (primary N) is 1. The number of rotatable bonds is 27. The Morgan fingerprint density at radius 3 is 1.36 bits per heavy atom. The highest BCUT2D eigenvalue weighted by atomic mass is 32.2. The molecule has 0 radical (unpaired) electrons. The Bertz CT molecular complexity index is 4330. The van der Waals surface area contributed by atoms with Gasteiger partial charge in [0.2, 0.25) is 55.5 Å². The zero-order valence-electron chi connectivity index (χ0n) is 60.9. The van der Waals surface area contributed by atoms with E-state index in [4.69, 9.17) is 15.2 Å². The van der Waals surface area contributed by atoms with Crippen LogP contribution in [0.25, 0.3) is 21.5 Å². The van der Waals surface area contributed by atoms with E-state index in [0.29, 0.717) is 91.4 Å². The second-order valence-electron chi connectivity index (χ2n) is 31.3. The number of ether oxygens (including phenoxy) is 2. The number of carboxylic acids is 1. The van der Waals surface area contributed by atoms with Gasteiger partial charge in [-0.2, -0.15) is 0 Å². The molecule has 2 heterocycles. The molecular weight excluding hydrogens is 1390 g/mol. The van der Waals surface area contributed by atoms with Gasteiger partial charge >= 0.3 is 5.97 Å². The molecule has 568 valence electrons. The molecule has 10 N–H and O–H groups in total. The summed E-state index contributed by atoms with van der Waals surface area (Å²) in [5.41, 5.74) is 2.36. The molecule has 4 unspecified atom stereocenters. The van der Waals surface area contributed by atoms with E-state index >= 15 is 0 Å². The average Bonchev–Trinajstić information content (AvgIpc) is 1.58. The first-order valence-corrected chi connectivity index (χ1v) is 39.4. The maximum atomic E-state index is 14.5. The number of nitrogens with one attached hydrogen (secondary N) is 7. The Hall–Kier alpha value is -8.96. The van der Waals surface area contributed by atoms with Crippen molar-refractivity contribution in [3.05, 3.63) is 109 Å². The number of carboxylic acid groups (broad SMARTS) is 1. The SMILES string of the molecule is C=CC1CC1(NC(=O)[C@@H]1C[C@@H](N)CN1C(=O)[C@@H](NC(=O)CC1CC1)C(C)(C)C)C(=O)NS(=O)(=O)C1CC1.C=CC1CC1(NC(=O)[C@@H]1C[C@@H](NC(=O)c2c(OCC)ccc3ccccc23)CN1C(=O)[C@@H](NC(=O)CC1CC1)C(C)(C)C)C(=O)NS(=O)(=O)C1CC1.CCOc1ccc2ccccc2c1C(=O)O. The van der Waals surface area contributed by atoms with Crippen molar-refractivity contribution in [3.63, 3.8) is 0 Å². The van der Waals surface area contributed by atoms with Crippen molar-refractivity contribution in [2.75, 3.05) is 26.3 Å². The van der Waals surface area contributed by atoms with E-state index in [1.165, 1.54) is 22.0 Å². The van der Waals surface area contributed by atoms with E-state index in [2.05, 4.69) is 49.2 Å². The van der Waals surface area contributed by atoms with Gasteiger partial charge in [0.15, 0.2) is 0 Å². The minimum atomic E-state index is -3.90. The van der Waals surface area contributed by atoms with Crippen LogP contribution in [-0.2, 0) is 58.4 Å². The summed E-state index contributed by atoms with van der Waals surface area (Å²) >= 11 is 0. The lowest BCUT2D eigenvalue weighted by molar-refractivity contribution is -0.144. The van der Waals surface area contributed by atoms with Crippen LogP contribution in [0.15, 0.2) is 98.1 Å². The summed E-state index contributed by atoms with van der Waals surface area (Å²) in [4.78, 5) is 136. The number of nitrogens with zero attached hydrogens (tertiary/aromatic N) is 2. The normalized spacial score (nSPS) is 24.5. The van der Waals surface area contributed by atoms with Gasteiger partial charge in [-0.3, -0.25) is 52.6 Å². The topological polar surface area (TPSA) is 394 Å².